The summed E-state index contributed by atoms with van der Waals surface area (Å²) >= 11 is 0. The van der Waals surface area contributed by atoms with Crippen molar-refractivity contribution in [2.24, 2.45) is 0 Å². The third-order valence-electron chi connectivity index (χ3n) is 3.23. The first-order valence-electron chi connectivity index (χ1n) is 6.53. The summed E-state index contributed by atoms with van der Waals surface area (Å²) in [7, 11) is 0. The number of nitrogens with two attached hydrogens (primary N) is 1. The molecule has 0 atom stereocenters. The Morgan fingerprint density at radius 1 is 1.29 bits per heavy atom. The van der Waals surface area contributed by atoms with Gasteiger partial charge in [-0.2, -0.15) is 0 Å². The van der Waals surface area contributed by atoms with Crippen LogP contribution in [0.25, 0.3) is 11.1 Å². The Morgan fingerprint density at radius 2 is 2.10 bits per heavy atom. The number of hydrogen-bond donors (Lipinski definition) is 1. The Hall–Kier alpha value is -2.83. The molecule has 0 saturated heterocycles. The fourth-order valence-corrected chi connectivity index (χ4v) is 2.14. The SMILES string of the molecule is CCn1ccc(=O)n(Cc2nc3cc(N)ccc3o2)c1=O. The van der Waals surface area contributed by atoms with Crippen molar-refractivity contribution in [3.8, 4) is 0 Å². The predicted octanol–water partition coefficient (Wildman–Crippen LogP) is 0.802. The fraction of sp³-hybridized carbons (Fsp3) is 0.214. The van der Waals surface area contributed by atoms with Crippen molar-refractivity contribution in [2.75, 3.05) is 5.73 Å². The van der Waals surface area contributed by atoms with Crippen molar-refractivity contribution < 1.29 is 4.42 Å². The van der Waals surface area contributed by atoms with Gasteiger partial charge in [-0.1, -0.05) is 0 Å². The monoisotopic (exact) mass is 286 g/mol. The van der Waals surface area contributed by atoms with Gasteiger partial charge in [0, 0.05) is 24.5 Å². The van der Waals surface area contributed by atoms with Crippen LogP contribution in [0.2, 0.25) is 0 Å². The highest BCUT2D eigenvalue weighted by Crippen LogP contribution is 2.18. The van der Waals surface area contributed by atoms with Crippen LogP contribution in [0.1, 0.15) is 12.8 Å². The number of hydrogen-bond acceptors (Lipinski definition) is 5. The van der Waals surface area contributed by atoms with E-state index >= 15 is 0 Å². The van der Waals surface area contributed by atoms with Gasteiger partial charge in [0.15, 0.2) is 5.58 Å². The van der Waals surface area contributed by atoms with Gasteiger partial charge in [-0.25, -0.2) is 9.78 Å². The van der Waals surface area contributed by atoms with Gasteiger partial charge < -0.3 is 14.7 Å². The van der Waals surface area contributed by atoms with Gasteiger partial charge in [0.1, 0.15) is 12.1 Å². The minimum absolute atomic E-state index is 0.00685. The third-order valence-corrected chi connectivity index (χ3v) is 3.23. The third kappa shape index (κ3) is 2.33. The minimum atomic E-state index is -0.383. The molecule has 2 N–H and O–H groups in total. The molecule has 0 radical (unpaired) electrons. The van der Waals surface area contributed by atoms with E-state index in [4.69, 9.17) is 10.2 Å². The van der Waals surface area contributed by atoms with Crippen LogP contribution in [0.5, 0.6) is 0 Å². The summed E-state index contributed by atoms with van der Waals surface area (Å²) < 4.78 is 8.08. The molecule has 0 bridgehead atoms. The quantitative estimate of drug-likeness (QED) is 0.718. The highest BCUT2D eigenvalue weighted by Gasteiger charge is 2.10. The molecule has 0 aliphatic rings. The van der Waals surface area contributed by atoms with Gasteiger partial charge >= 0.3 is 5.69 Å². The first kappa shape index (κ1) is 13.2. The molecule has 2 heterocycles. The van der Waals surface area contributed by atoms with Crippen LogP contribution in [-0.2, 0) is 13.1 Å². The molecule has 3 aromatic rings. The van der Waals surface area contributed by atoms with E-state index in [2.05, 4.69) is 4.98 Å². The predicted molar refractivity (Wildman–Crippen MR) is 78.2 cm³/mol. The molecule has 0 aliphatic heterocycles. The molecule has 0 amide bonds. The summed E-state index contributed by atoms with van der Waals surface area (Å²) in [5.41, 5.74) is 6.66. The Kier molecular flexibility index (Phi) is 3.09. The highest BCUT2D eigenvalue weighted by molar-refractivity contribution is 5.76. The first-order chi connectivity index (χ1) is 10.1. The Labute approximate surface area is 119 Å². The lowest BCUT2D eigenvalue weighted by Crippen LogP contribution is -2.39. The van der Waals surface area contributed by atoms with E-state index in [9.17, 15) is 9.59 Å². The van der Waals surface area contributed by atoms with Gasteiger partial charge in [0.2, 0.25) is 5.89 Å². The number of fused-ring (bicyclic) bond motifs is 1. The molecule has 0 fully saturated rings. The van der Waals surface area contributed by atoms with Crippen LogP contribution < -0.4 is 17.0 Å². The van der Waals surface area contributed by atoms with E-state index in [0.717, 1.165) is 4.57 Å². The van der Waals surface area contributed by atoms with Crippen LogP contribution in [-0.4, -0.2) is 14.1 Å². The summed E-state index contributed by atoms with van der Waals surface area (Å²) in [4.78, 5) is 28.2. The second kappa shape index (κ2) is 4.93. The van der Waals surface area contributed by atoms with E-state index in [1.165, 1.54) is 16.8 Å². The van der Waals surface area contributed by atoms with Crippen molar-refractivity contribution in [1.82, 2.24) is 14.1 Å². The van der Waals surface area contributed by atoms with E-state index in [0.29, 0.717) is 29.2 Å². The summed E-state index contributed by atoms with van der Waals surface area (Å²) in [5, 5.41) is 0. The van der Waals surface area contributed by atoms with Crippen LogP contribution in [0, 0.1) is 0 Å². The number of anilines is 1. The van der Waals surface area contributed by atoms with E-state index in [1.54, 1.807) is 18.2 Å². The maximum Gasteiger partial charge on any atom is 0.331 e. The zero-order valence-electron chi connectivity index (χ0n) is 11.4. The summed E-state index contributed by atoms with van der Waals surface area (Å²) in [5.74, 6) is 0.295. The molecular formula is C14H14N4O3. The number of oxazole rings is 1. The van der Waals surface area contributed by atoms with Crippen molar-refractivity contribution in [3.05, 3.63) is 57.2 Å². The lowest BCUT2D eigenvalue weighted by atomic mass is 10.3. The fourth-order valence-electron chi connectivity index (χ4n) is 2.14. The van der Waals surface area contributed by atoms with Gasteiger partial charge in [-0.05, 0) is 25.1 Å². The molecule has 3 rings (SSSR count). The minimum Gasteiger partial charge on any atom is -0.439 e. The van der Waals surface area contributed by atoms with Crippen molar-refractivity contribution in [3.63, 3.8) is 0 Å². The molecular weight excluding hydrogens is 272 g/mol. The Balaban J connectivity index is 2.06. The molecule has 0 spiro atoms. The van der Waals surface area contributed by atoms with E-state index in [1.807, 2.05) is 6.92 Å². The average molecular weight is 286 g/mol. The van der Waals surface area contributed by atoms with E-state index in [-0.39, 0.29) is 17.8 Å². The van der Waals surface area contributed by atoms with Crippen molar-refractivity contribution >= 4 is 16.8 Å². The average Bonchev–Trinajstić information content (AvgIpc) is 2.85. The molecule has 2 aromatic heterocycles. The number of benzene rings is 1. The molecule has 1 aromatic carbocycles. The summed E-state index contributed by atoms with van der Waals surface area (Å²) in [6.45, 7) is 2.31. The van der Waals surface area contributed by atoms with Crippen molar-refractivity contribution in [1.29, 1.82) is 0 Å². The van der Waals surface area contributed by atoms with Gasteiger partial charge in [-0.3, -0.25) is 9.36 Å². The molecule has 7 heteroatoms. The van der Waals surface area contributed by atoms with Crippen LogP contribution in [0.4, 0.5) is 5.69 Å². The number of nitrogens with zero attached hydrogens (tertiary/aromatic N) is 3. The second-order valence-electron chi connectivity index (χ2n) is 4.64. The van der Waals surface area contributed by atoms with Gasteiger partial charge in [0.05, 0.1) is 0 Å². The van der Waals surface area contributed by atoms with Crippen molar-refractivity contribution in [2.45, 2.75) is 20.0 Å². The largest absolute Gasteiger partial charge is 0.439 e. The number of rotatable bonds is 3. The van der Waals surface area contributed by atoms with Crippen LogP contribution in [0.3, 0.4) is 0 Å². The van der Waals surface area contributed by atoms with Gasteiger partial charge in [0.25, 0.3) is 5.56 Å². The molecule has 21 heavy (non-hydrogen) atoms. The molecule has 0 unspecified atom stereocenters. The summed E-state index contributed by atoms with van der Waals surface area (Å²) in [6, 6.07) is 6.45. The number of aryl methyl sites for hydroxylation is 1. The zero-order chi connectivity index (χ0) is 15.0. The maximum absolute atomic E-state index is 12.1. The molecule has 7 nitrogen and oxygen atoms in total. The normalized spacial score (nSPS) is 11.1. The lowest BCUT2D eigenvalue weighted by molar-refractivity contribution is 0.485. The second-order valence-corrected chi connectivity index (χ2v) is 4.64. The number of nitrogen functional groups attached to an aromatic ring is 1. The Morgan fingerprint density at radius 3 is 2.86 bits per heavy atom. The zero-order valence-corrected chi connectivity index (χ0v) is 11.4. The standard InChI is InChI=1S/C14H14N4O3/c1-2-17-6-5-13(19)18(14(17)20)8-12-16-10-7-9(15)3-4-11(10)21-12/h3-7H,2,8,15H2,1H3. The van der Waals surface area contributed by atoms with Crippen LogP contribution >= 0.6 is 0 Å². The molecule has 0 saturated carbocycles. The summed E-state index contributed by atoms with van der Waals surface area (Å²) in [6.07, 6.45) is 1.48. The first-order valence-corrected chi connectivity index (χ1v) is 6.53. The topological polar surface area (TPSA) is 96.1 Å². The molecule has 0 aliphatic carbocycles. The Bertz CT molecular complexity index is 920. The molecule has 108 valence electrons. The lowest BCUT2D eigenvalue weighted by Gasteiger charge is -2.05. The van der Waals surface area contributed by atoms with Crippen LogP contribution in [0.15, 0.2) is 44.5 Å². The highest BCUT2D eigenvalue weighted by atomic mass is 16.3. The smallest absolute Gasteiger partial charge is 0.331 e. The maximum atomic E-state index is 12.1. The number of aromatic nitrogens is 3. The van der Waals surface area contributed by atoms with Gasteiger partial charge in [-0.15, -0.1) is 0 Å². The van der Waals surface area contributed by atoms with E-state index < -0.39 is 0 Å².